The smallest absolute Gasteiger partial charge is 0.387 e. The molecule has 1 aromatic rings. The topological polar surface area (TPSA) is 79.0 Å². The molecular weight excluding hydrogens is 372 g/mol. The quantitative estimate of drug-likeness (QED) is 0.650. The summed E-state index contributed by atoms with van der Waals surface area (Å²) >= 11 is 0. The van der Waals surface area contributed by atoms with E-state index in [2.05, 4.69) is 10.1 Å². The van der Waals surface area contributed by atoms with Gasteiger partial charge in [-0.15, -0.1) is 0 Å². The summed E-state index contributed by atoms with van der Waals surface area (Å²) in [5, 5.41) is 2.59. The third kappa shape index (κ3) is 4.58. The summed E-state index contributed by atoms with van der Waals surface area (Å²) in [4.78, 5) is 40.2. The second-order valence-electron chi connectivity index (χ2n) is 6.68. The Labute approximate surface area is 162 Å². The van der Waals surface area contributed by atoms with Gasteiger partial charge in [0.25, 0.3) is 5.91 Å². The highest BCUT2D eigenvalue weighted by Gasteiger charge is 2.49. The zero-order valence-corrected chi connectivity index (χ0v) is 16.2. The van der Waals surface area contributed by atoms with Crippen molar-refractivity contribution in [3.63, 3.8) is 0 Å². The number of amides is 4. The second kappa shape index (κ2) is 8.99. The fourth-order valence-corrected chi connectivity index (χ4v) is 3.05. The summed E-state index contributed by atoms with van der Waals surface area (Å²) in [6.45, 7) is 3.12. The van der Waals surface area contributed by atoms with E-state index in [1.54, 1.807) is 4.90 Å². The van der Waals surface area contributed by atoms with Crippen LogP contribution in [0.25, 0.3) is 0 Å². The van der Waals surface area contributed by atoms with Gasteiger partial charge in [0.15, 0.2) is 0 Å². The Morgan fingerprint density at radius 2 is 1.89 bits per heavy atom. The molecule has 1 aromatic carbocycles. The van der Waals surface area contributed by atoms with Crippen molar-refractivity contribution in [3.8, 4) is 5.75 Å². The number of hydrogen-bond donors (Lipinski definition) is 1. The van der Waals surface area contributed by atoms with Crippen molar-refractivity contribution in [3.05, 3.63) is 29.8 Å². The van der Waals surface area contributed by atoms with Crippen LogP contribution < -0.4 is 10.1 Å². The highest BCUT2D eigenvalue weighted by atomic mass is 19.3. The second-order valence-corrected chi connectivity index (χ2v) is 6.68. The lowest BCUT2D eigenvalue weighted by Crippen LogP contribution is -2.44. The lowest BCUT2D eigenvalue weighted by atomic mass is 9.92. The fraction of sp³-hybridized carbons (Fsp3) is 0.526. The van der Waals surface area contributed by atoms with Crippen molar-refractivity contribution < 1.29 is 27.9 Å². The maximum Gasteiger partial charge on any atom is 0.387 e. The van der Waals surface area contributed by atoms with Gasteiger partial charge >= 0.3 is 12.6 Å². The Balaban J connectivity index is 2.14. The van der Waals surface area contributed by atoms with Crippen LogP contribution in [0.2, 0.25) is 0 Å². The maximum atomic E-state index is 12.9. The summed E-state index contributed by atoms with van der Waals surface area (Å²) in [5.74, 6) is -0.926. The molecule has 1 saturated heterocycles. The van der Waals surface area contributed by atoms with Crippen LogP contribution in [0.5, 0.6) is 5.75 Å². The molecule has 0 spiro atoms. The molecule has 0 unspecified atom stereocenters. The molecule has 0 saturated carbocycles. The first kappa shape index (κ1) is 21.6. The number of nitrogens with zero attached hydrogens (tertiary/aromatic N) is 2. The van der Waals surface area contributed by atoms with Crippen molar-refractivity contribution in [2.75, 3.05) is 19.6 Å². The van der Waals surface area contributed by atoms with E-state index in [1.165, 1.54) is 31.2 Å². The Hall–Kier alpha value is -2.71. The van der Waals surface area contributed by atoms with E-state index in [0.717, 1.165) is 17.7 Å². The van der Waals surface area contributed by atoms with Crippen molar-refractivity contribution >= 4 is 17.8 Å². The molecule has 1 atom stereocenters. The molecule has 4 amide bonds. The molecular formula is C19H25F2N3O4. The average Bonchev–Trinajstić information content (AvgIpc) is 2.86. The number of carbonyl (C=O) groups is 3. The molecule has 0 aromatic heterocycles. The summed E-state index contributed by atoms with van der Waals surface area (Å²) in [7, 11) is 0. The maximum absolute atomic E-state index is 12.9. The van der Waals surface area contributed by atoms with Crippen molar-refractivity contribution in [2.45, 2.75) is 45.8 Å². The SMILES string of the molecule is CCCCN(CC)C(=O)CN1C(=O)N[C@](C)(c2ccc(OC(F)F)cc2)C1=O. The molecule has 1 N–H and O–H groups in total. The Morgan fingerprint density at radius 1 is 1.25 bits per heavy atom. The number of ether oxygens (including phenoxy) is 1. The van der Waals surface area contributed by atoms with Gasteiger partial charge in [0.05, 0.1) is 0 Å². The van der Waals surface area contributed by atoms with E-state index in [4.69, 9.17) is 0 Å². The van der Waals surface area contributed by atoms with Crippen LogP contribution in [-0.2, 0) is 15.1 Å². The lowest BCUT2D eigenvalue weighted by molar-refractivity contribution is -0.138. The molecule has 1 aliphatic heterocycles. The number of benzene rings is 1. The molecule has 9 heteroatoms. The summed E-state index contributed by atoms with van der Waals surface area (Å²) < 4.78 is 28.9. The molecule has 1 aliphatic rings. The number of halogens is 2. The van der Waals surface area contributed by atoms with Crippen LogP contribution in [-0.4, -0.2) is 53.9 Å². The first-order chi connectivity index (χ1) is 13.2. The van der Waals surface area contributed by atoms with Gasteiger partial charge in [-0.3, -0.25) is 14.5 Å². The molecule has 1 fully saturated rings. The Kier molecular flexibility index (Phi) is 6.93. The normalized spacial score (nSPS) is 19.1. The first-order valence-electron chi connectivity index (χ1n) is 9.20. The molecule has 154 valence electrons. The van der Waals surface area contributed by atoms with Crippen LogP contribution in [0, 0.1) is 0 Å². The minimum Gasteiger partial charge on any atom is -0.435 e. The zero-order chi connectivity index (χ0) is 20.9. The number of urea groups is 1. The minimum atomic E-state index is -2.95. The number of hydrogen-bond acceptors (Lipinski definition) is 4. The summed E-state index contributed by atoms with van der Waals surface area (Å²) in [6, 6.07) is 4.79. The minimum absolute atomic E-state index is 0.0549. The van der Waals surface area contributed by atoms with E-state index in [0.29, 0.717) is 18.7 Å². The van der Waals surface area contributed by atoms with Crippen LogP contribution in [0.1, 0.15) is 39.2 Å². The standard InChI is InChI=1S/C19H25F2N3O4/c1-4-6-11-23(5-2)15(25)12-24-16(26)19(3,22-18(24)27)13-7-9-14(10-8-13)28-17(20)21/h7-10,17H,4-6,11-12H2,1-3H3,(H,22,27)/t19-/m1/s1. The van der Waals surface area contributed by atoms with E-state index < -0.39 is 24.1 Å². The number of nitrogens with one attached hydrogen (secondary N) is 1. The van der Waals surface area contributed by atoms with Gasteiger partial charge in [0.1, 0.15) is 17.8 Å². The van der Waals surface area contributed by atoms with Crippen molar-refractivity contribution in [1.29, 1.82) is 0 Å². The number of imide groups is 1. The number of carbonyl (C=O) groups excluding carboxylic acids is 3. The van der Waals surface area contributed by atoms with Gasteiger partial charge in [-0.1, -0.05) is 25.5 Å². The van der Waals surface area contributed by atoms with Crippen LogP contribution in [0.4, 0.5) is 13.6 Å². The molecule has 0 radical (unpaired) electrons. The van der Waals surface area contributed by atoms with E-state index >= 15 is 0 Å². The van der Waals surface area contributed by atoms with Gasteiger partial charge < -0.3 is 15.0 Å². The van der Waals surface area contributed by atoms with E-state index in [1.807, 2.05) is 13.8 Å². The molecule has 7 nitrogen and oxygen atoms in total. The monoisotopic (exact) mass is 397 g/mol. The van der Waals surface area contributed by atoms with Crippen LogP contribution in [0.3, 0.4) is 0 Å². The third-order valence-electron chi connectivity index (χ3n) is 4.74. The number of alkyl halides is 2. The highest BCUT2D eigenvalue weighted by Crippen LogP contribution is 2.30. The molecule has 0 bridgehead atoms. The number of unbranched alkanes of at least 4 members (excludes halogenated alkanes) is 1. The summed E-state index contributed by atoms with van der Waals surface area (Å²) in [5.41, 5.74) is -0.984. The lowest BCUT2D eigenvalue weighted by Gasteiger charge is -2.24. The highest BCUT2D eigenvalue weighted by molar-refractivity contribution is 6.09. The predicted molar refractivity (Wildman–Crippen MR) is 97.8 cm³/mol. The van der Waals surface area contributed by atoms with Gasteiger partial charge in [-0.25, -0.2) is 4.79 Å². The van der Waals surface area contributed by atoms with Gasteiger partial charge in [-0.05, 0) is 38.0 Å². The van der Waals surface area contributed by atoms with Gasteiger partial charge in [0.2, 0.25) is 5.91 Å². The molecule has 1 heterocycles. The average molecular weight is 397 g/mol. The number of rotatable bonds is 9. The largest absolute Gasteiger partial charge is 0.435 e. The first-order valence-corrected chi connectivity index (χ1v) is 9.20. The van der Waals surface area contributed by atoms with E-state index in [-0.39, 0.29) is 18.2 Å². The zero-order valence-electron chi connectivity index (χ0n) is 16.2. The van der Waals surface area contributed by atoms with Crippen molar-refractivity contribution in [2.24, 2.45) is 0 Å². The third-order valence-corrected chi connectivity index (χ3v) is 4.74. The Bertz CT molecular complexity index is 726. The summed E-state index contributed by atoms with van der Waals surface area (Å²) in [6.07, 6.45) is 1.76. The van der Waals surface area contributed by atoms with Crippen LogP contribution in [0.15, 0.2) is 24.3 Å². The molecule has 2 rings (SSSR count). The van der Waals surface area contributed by atoms with Crippen molar-refractivity contribution in [1.82, 2.24) is 15.1 Å². The van der Waals surface area contributed by atoms with Gasteiger partial charge in [0, 0.05) is 13.1 Å². The van der Waals surface area contributed by atoms with Gasteiger partial charge in [-0.2, -0.15) is 8.78 Å². The molecule has 0 aliphatic carbocycles. The fourth-order valence-electron chi connectivity index (χ4n) is 3.05. The van der Waals surface area contributed by atoms with Crippen LogP contribution >= 0.6 is 0 Å². The predicted octanol–water partition coefficient (Wildman–Crippen LogP) is 2.70. The van der Waals surface area contributed by atoms with E-state index in [9.17, 15) is 23.2 Å². The number of likely N-dealkylation sites (N-methyl/N-ethyl adjacent to an activating group) is 1. The molecule has 28 heavy (non-hydrogen) atoms. The Morgan fingerprint density at radius 3 is 2.43 bits per heavy atom.